The minimum absolute atomic E-state index is 0.152. The van der Waals surface area contributed by atoms with Crippen molar-refractivity contribution >= 4 is 5.91 Å². The summed E-state index contributed by atoms with van der Waals surface area (Å²) in [7, 11) is 3.40. The van der Waals surface area contributed by atoms with Gasteiger partial charge in [-0.3, -0.25) is 9.69 Å². The van der Waals surface area contributed by atoms with Gasteiger partial charge >= 0.3 is 0 Å². The number of methoxy groups -OCH3 is 2. The summed E-state index contributed by atoms with van der Waals surface area (Å²) in [6, 6.07) is 7.32. The number of hydrogen-bond donors (Lipinski definition) is 3. The third-order valence-electron chi connectivity index (χ3n) is 6.95. The molecule has 2 rings (SSSR count). The maximum absolute atomic E-state index is 13.0. The van der Waals surface area contributed by atoms with E-state index in [-0.39, 0.29) is 17.9 Å². The first-order chi connectivity index (χ1) is 16.9. The first kappa shape index (κ1) is 29.5. The molecular formula is C27H47N3O5. The second kappa shape index (κ2) is 16.1. The number of nitrogens with two attached hydrogens (primary N) is 1. The fourth-order valence-electron chi connectivity index (χ4n) is 4.62. The summed E-state index contributed by atoms with van der Waals surface area (Å²) in [5.41, 5.74) is 6.97. The molecule has 0 radical (unpaired) electrons. The number of unbranched alkanes of at least 4 members (excludes halogenated alkanes) is 1. The lowest BCUT2D eigenvalue weighted by atomic mass is 9.87. The lowest BCUT2D eigenvalue weighted by Crippen LogP contribution is -2.47. The number of nitrogens with one attached hydrogen (secondary N) is 1. The predicted octanol–water partition coefficient (Wildman–Crippen LogP) is 2.68. The van der Waals surface area contributed by atoms with E-state index in [2.05, 4.69) is 24.1 Å². The Morgan fingerprint density at radius 3 is 2.66 bits per heavy atom. The van der Waals surface area contributed by atoms with E-state index in [0.717, 1.165) is 32.2 Å². The zero-order chi connectivity index (χ0) is 25.6. The van der Waals surface area contributed by atoms with Crippen molar-refractivity contribution in [3.63, 3.8) is 0 Å². The van der Waals surface area contributed by atoms with E-state index in [0.29, 0.717) is 62.6 Å². The van der Waals surface area contributed by atoms with E-state index in [9.17, 15) is 9.90 Å². The summed E-state index contributed by atoms with van der Waals surface area (Å²) in [5.74, 6) is 0.900. The van der Waals surface area contributed by atoms with Crippen molar-refractivity contribution < 1.29 is 24.1 Å². The van der Waals surface area contributed by atoms with Crippen LogP contribution in [-0.2, 0) is 9.47 Å². The van der Waals surface area contributed by atoms with Crippen LogP contribution in [0.4, 0.5) is 0 Å². The minimum Gasteiger partial charge on any atom is -0.493 e. The van der Waals surface area contributed by atoms with Gasteiger partial charge in [-0.25, -0.2) is 0 Å². The number of aliphatic hydroxyl groups is 1. The highest BCUT2D eigenvalue weighted by atomic mass is 16.5. The number of aliphatic hydroxyl groups excluding tert-OH is 1. The Bertz CT molecular complexity index is 733. The number of nitrogens with zero attached hydrogens (tertiary/aromatic N) is 1. The zero-order valence-electron chi connectivity index (χ0n) is 22.1. The van der Waals surface area contributed by atoms with E-state index in [1.807, 2.05) is 18.2 Å². The van der Waals surface area contributed by atoms with Crippen LogP contribution in [0.2, 0.25) is 0 Å². The molecule has 1 aliphatic rings. The Labute approximate surface area is 211 Å². The molecule has 1 saturated heterocycles. The average molecular weight is 494 g/mol. The summed E-state index contributed by atoms with van der Waals surface area (Å²) < 4.78 is 16.3. The van der Waals surface area contributed by atoms with Crippen molar-refractivity contribution in [1.82, 2.24) is 10.2 Å². The molecule has 0 aliphatic carbocycles. The van der Waals surface area contributed by atoms with Gasteiger partial charge in [0.1, 0.15) is 5.75 Å². The Morgan fingerprint density at radius 1 is 1.20 bits per heavy atom. The number of carbonyl (C=O) groups is 1. The van der Waals surface area contributed by atoms with Gasteiger partial charge < -0.3 is 30.4 Å². The molecule has 0 aromatic heterocycles. The molecule has 4 unspecified atom stereocenters. The molecule has 8 nitrogen and oxygen atoms in total. The van der Waals surface area contributed by atoms with Crippen molar-refractivity contribution in [2.24, 2.45) is 17.6 Å². The Balaban J connectivity index is 1.87. The number of benzene rings is 1. The van der Waals surface area contributed by atoms with Crippen LogP contribution in [-0.4, -0.2) is 87.8 Å². The van der Waals surface area contributed by atoms with Gasteiger partial charge in [-0.15, -0.1) is 0 Å². The minimum atomic E-state index is -0.614. The monoisotopic (exact) mass is 493 g/mol. The van der Waals surface area contributed by atoms with Crippen molar-refractivity contribution in [2.45, 2.75) is 64.1 Å². The van der Waals surface area contributed by atoms with Crippen molar-refractivity contribution in [3.8, 4) is 5.75 Å². The summed E-state index contributed by atoms with van der Waals surface area (Å²) in [6.45, 7) is 8.19. The lowest BCUT2D eigenvalue weighted by Gasteiger charge is -2.31. The highest BCUT2D eigenvalue weighted by Gasteiger charge is 2.29. The second-order valence-corrected chi connectivity index (χ2v) is 9.97. The van der Waals surface area contributed by atoms with Crippen LogP contribution in [0.5, 0.6) is 5.75 Å². The Hall–Kier alpha value is -1.71. The number of carbonyl (C=O) groups excluding carboxylic acids is 1. The summed E-state index contributed by atoms with van der Waals surface area (Å²) in [4.78, 5) is 15.2. The summed E-state index contributed by atoms with van der Waals surface area (Å²) >= 11 is 0. The van der Waals surface area contributed by atoms with Crippen LogP contribution in [0, 0.1) is 11.8 Å². The number of likely N-dealkylation sites (tertiary alicyclic amines) is 1. The van der Waals surface area contributed by atoms with Crippen LogP contribution in [0.15, 0.2) is 24.3 Å². The smallest absolute Gasteiger partial charge is 0.255 e. The van der Waals surface area contributed by atoms with E-state index in [1.54, 1.807) is 20.3 Å². The van der Waals surface area contributed by atoms with Crippen LogP contribution in [0.1, 0.15) is 56.3 Å². The maximum Gasteiger partial charge on any atom is 0.255 e. The third kappa shape index (κ3) is 10.1. The van der Waals surface area contributed by atoms with E-state index in [4.69, 9.17) is 19.9 Å². The average Bonchev–Trinajstić information content (AvgIpc) is 3.28. The van der Waals surface area contributed by atoms with Gasteiger partial charge in [-0.2, -0.15) is 0 Å². The second-order valence-electron chi connectivity index (χ2n) is 9.97. The first-order valence-corrected chi connectivity index (χ1v) is 13.0. The number of hydrogen-bond acceptors (Lipinski definition) is 7. The van der Waals surface area contributed by atoms with Gasteiger partial charge in [-0.1, -0.05) is 26.0 Å². The van der Waals surface area contributed by atoms with Crippen LogP contribution in [0.25, 0.3) is 0 Å². The third-order valence-corrected chi connectivity index (χ3v) is 6.95. The molecule has 0 spiro atoms. The number of rotatable bonds is 17. The number of para-hydroxylation sites is 1. The highest BCUT2D eigenvalue weighted by Crippen LogP contribution is 2.22. The molecule has 1 heterocycles. The molecule has 1 aromatic rings. The highest BCUT2D eigenvalue weighted by molar-refractivity contribution is 5.96. The normalized spacial score (nSPS) is 19.0. The van der Waals surface area contributed by atoms with Gasteiger partial charge in [0.15, 0.2) is 0 Å². The Morgan fingerprint density at radius 2 is 1.94 bits per heavy atom. The molecule has 0 bridgehead atoms. The molecule has 4 atom stereocenters. The van der Waals surface area contributed by atoms with Crippen LogP contribution in [0.3, 0.4) is 0 Å². The fourth-order valence-corrected chi connectivity index (χ4v) is 4.62. The number of β-amino-alcohol motifs (C(OH)–C–C–N with tert-alkyl or cyclic N) is 1. The molecule has 8 heteroatoms. The SMILES string of the molecule is COCCCCOc1ccccc1C(=O)NCC(CC(N)C(O)CN1CCCC1COC)C(C)C. The number of ether oxygens (including phenoxy) is 3. The molecule has 1 aliphatic heterocycles. The molecule has 1 amide bonds. The van der Waals surface area contributed by atoms with E-state index in [1.165, 1.54) is 0 Å². The van der Waals surface area contributed by atoms with Crippen LogP contribution < -0.4 is 15.8 Å². The molecule has 35 heavy (non-hydrogen) atoms. The predicted molar refractivity (Wildman–Crippen MR) is 139 cm³/mol. The quantitative estimate of drug-likeness (QED) is 0.287. The van der Waals surface area contributed by atoms with Gasteiger partial charge in [0.2, 0.25) is 0 Å². The molecule has 0 saturated carbocycles. The number of amides is 1. The molecule has 1 aromatic carbocycles. The van der Waals surface area contributed by atoms with Gasteiger partial charge in [0.25, 0.3) is 5.91 Å². The van der Waals surface area contributed by atoms with Gasteiger partial charge in [0, 0.05) is 46.0 Å². The van der Waals surface area contributed by atoms with Crippen molar-refractivity contribution in [1.29, 1.82) is 0 Å². The molecule has 4 N–H and O–H groups in total. The molecular weight excluding hydrogens is 446 g/mol. The van der Waals surface area contributed by atoms with Gasteiger partial charge in [-0.05, 0) is 62.6 Å². The largest absolute Gasteiger partial charge is 0.493 e. The maximum atomic E-state index is 13.0. The fraction of sp³-hybridized carbons (Fsp3) is 0.741. The zero-order valence-corrected chi connectivity index (χ0v) is 22.1. The molecule has 200 valence electrons. The van der Waals surface area contributed by atoms with E-state index >= 15 is 0 Å². The van der Waals surface area contributed by atoms with Crippen molar-refractivity contribution in [2.75, 3.05) is 53.7 Å². The van der Waals surface area contributed by atoms with E-state index < -0.39 is 6.10 Å². The molecule has 1 fully saturated rings. The van der Waals surface area contributed by atoms with Gasteiger partial charge in [0.05, 0.1) is 24.9 Å². The summed E-state index contributed by atoms with van der Waals surface area (Å²) in [6.07, 6.45) is 4.01. The topological polar surface area (TPSA) is 106 Å². The Kier molecular flexibility index (Phi) is 13.6. The van der Waals surface area contributed by atoms with Crippen LogP contribution >= 0.6 is 0 Å². The standard InChI is InChI=1S/C27H47N3O5/c1-20(2)21(16-24(28)25(31)18-30-13-9-10-22(30)19-34-4)17-29-27(32)23-11-5-6-12-26(23)35-15-8-7-14-33-3/h5-6,11-12,20-22,24-25,31H,7-10,13-19,28H2,1-4H3,(H,29,32). The first-order valence-electron chi connectivity index (χ1n) is 13.0. The lowest BCUT2D eigenvalue weighted by molar-refractivity contribution is 0.0527. The van der Waals surface area contributed by atoms with Crippen molar-refractivity contribution in [3.05, 3.63) is 29.8 Å². The summed E-state index contributed by atoms with van der Waals surface area (Å²) in [5, 5.41) is 13.9.